The minimum Gasteiger partial charge on any atom is -0.490 e. The maximum absolute atomic E-state index is 13.3. The highest BCUT2D eigenvalue weighted by Gasteiger charge is 2.32. The third kappa shape index (κ3) is 3.89. The minimum absolute atomic E-state index is 0.0798. The van der Waals surface area contributed by atoms with Gasteiger partial charge in [-0.2, -0.15) is 0 Å². The molecule has 1 fully saturated rings. The van der Waals surface area contributed by atoms with Gasteiger partial charge in [-0.05, 0) is 48.7 Å². The predicted octanol–water partition coefficient (Wildman–Crippen LogP) is 3.08. The first kappa shape index (κ1) is 20.7. The summed E-state index contributed by atoms with van der Waals surface area (Å²) in [5.74, 6) is 1.28. The molecule has 30 heavy (non-hydrogen) atoms. The van der Waals surface area contributed by atoms with Gasteiger partial charge in [-0.1, -0.05) is 12.1 Å². The molecule has 2 aromatic carbocycles. The van der Waals surface area contributed by atoms with Gasteiger partial charge >= 0.3 is 0 Å². The average molecular weight is 431 g/mol. The summed E-state index contributed by atoms with van der Waals surface area (Å²) in [4.78, 5) is 15.2. The van der Waals surface area contributed by atoms with Crippen molar-refractivity contribution in [2.45, 2.75) is 30.2 Å². The molecule has 0 N–H and O–H groups in total. The fourth-order valence-corrected chi connectivity index (χ4v) is 4.86. The lowest BCUT2D eigenvalue weighted by Gasteiger charge is -2.26. The van der Waals surface area contributed by atoms with E-state index in [2.05, 4.69) is 0 Å². The van der Waals surface area contributed by atoms with Crippen LogP contribution in [0.5, 0.6) is 11.5 Å². The van der Waals surface area contributed by atoms with Gasteiger partial charge in [0.15, 0.2) is 11.5 Å². The van der Waals surface area contributed by atoms with Crippen molar-refractivity contribution in [2.24, 2.45) is 0 Å². The smallest absolute Gasteiger partial charge is 0.254 e. The van der Waals surface area contributed by atoms with Gasteiger partial charge in [0.1, 0.15) is 0 Å². The Morgan fingerprint density at radius 3 is 2.57 bits per heavy atom. The highest BCUT2D eigenvalue weighted by molar-refractivity contribution is 7.89. The van der Waals surface area contributed by atoms with Crippen LogP contribution in [0.15, 0.2) is 47.4 Å². The van der Waals surface area contributed by atoms with Gasteiger partial charge < -0.3 is 14.4 Å². The lowest BCUT2D eigenvalue weighted by atomic mass is 10.0. The minimum atomic E-state index is -3.60. The number of benzene rings is 2. The zero-order valence-corrected chi connectivity index (χ0v) is 18.0. The number of sulfonamides is 1. The summed E-state index contributed by atoms with van der Waals surface area (Å²) in [5.41, 5.74) is 1.38. The van der Waals surface area contributed by atoms with Crippen LogP contribution in [0.4, 0.5) is 0 Å². The summed E-state index contributed by atoms with van der Waals surface area (Å²) in [6.07, 6.45) is 2.58. The van der Waals surface area contributed by atoms with Crippen molar-refractivity contribution in [3.8, 4) is 11.5 Å². The van der Waals surface area contributed by atoms with Gasteiger partial charge in [0.05, 0.1) is 24.2 Å². The van der Waals surface area contributed by atoms with E-state index in [0.717, 1.165) is 34.9 Å². The molecule has 1 unspecified atom stereocenters. The van der Waals surface area contributed by atoms with Crippen molar-refractivity contribution in [2.75, 3.05) is 33.9 Å². The Morgan fingerprint density at radius 1 is 1.03 bits per heavy atom. The molecule has 1 saturated heterocycles. The third-order valence-electron chi connectivity index (χ3n) is 5.53. The molecule has 4 rings (SSSR count). The Balaban J connectivity index is 1.61. The quantitative estimate of drug-likeness (QED) is 0.745. The van der Waals surface area contributed by atoms with Gasteiger partial charge in [0.2, 0.25) is 10.0 Å². The van der Waals surface area contributed by atoms with Crippen LogP contribution in [0.25, 0.3) is 0 Å². The number of hydrogen-bond donors (Lipinski definition) is 0. The highest BCUT2D eigenvalue weighted by atomic mass is 32.2. The summed E-state index contributed by atoms with van der Waals surface area (Å²) in [6.45, 7) is 1.87. The van der Waals surface area contributed by atoms with Gasteiger partial charge in [-0.15, -0.1) is 0 Å². The normalized spacial score (nSPS) is 19.0. The van der Waals surface area contributed by atoms with Crippen molar-refractivity contribution >= 4 is 15.9 Å². The van der Waals surface area contributed by atoms with Crippen LogP contribution in [0, 0.1) is 0 Å². The topological polar surface area (TPSA) is 76.2 Å². The van der Waals surface area contributed by atoms with Crippen LogP contribution < -0.4 is 9.47 Å². The Hall–Kier alpha value is -2.58. The van der Waals surface area contributed by atoms with E-state index < -0.39 is 10.0 Å². The summed E-state index contributed by atoms with van der Waals surface area (Å²) in [5, 5.41) is 0. The van der Waals surface area contributed by atoms with Crippen molar-refractivity contribution in [1.29, 1.82) is 0 Å². The molecule has 7 nitrogen and oxygen atoms in total. The summed E-state index contributed by atoms with van der Waals surface area (Å²) in [7, 11) is -0.650. The van der Waals surface area contributed by atoms with Crippen LogP contribution in [0.2, 0.25) is 0 Å². The van der Waals surface area contributed by atoms with Crippen LogP contribution in [0.3, 0.4) is 0 Å². The van der Waals surface area contributed by atoms with Crippen molar-refractivity contribution in [1.82, 2.24) is 9.21 Å². The molecule has 2 aliphatic rings. The SMILES string of the molecule is CN(C)S(=O)(=O)c1cccc(C(=O)N2CCCC2c2ccc3c(c2)OCCCO3)c1. The Bertz CT molecular complexity index is 1050. The molecule has 1 atom stereocenters. The number of carbonyl (C=O) groups is 1. The van der Waals surface area contributed by atoms with E-state index in [0.29, 0.717) is 31.1 Å². The number of carbonyl (C=O) groups excluding carboxylic acids is 1. The standard InChI is InChI=1S/C22H26N2O5S/c1-23(2)30(26,27)18-7-3-6-17(14-18)22(25)24-11-4-8-19(24)16-9-10-20-21(15-16)29-13-5-12-28-20/h3,6-7,9-10,14-15,19H,4-5,8,11-13H2,1-2H3. The molecular weight excluding hydrogens is 404 g/mol. The lowest BCUT2D eigenvalue weighted by Crippen LogP contribution is -2.31. The first-order valence-electron chi connectivity index (χ1n) is 10.1. The molecule has 8 heteroatoms. The number of hydrogen-bond acceptors (Lipinski definition) is 5. The summed E-state index contributed by atoms with van der Waals surface area (Å²) in [6, 6.07) is 12.0. The average Bonchev–Trinajstić information content (AvgIpc) is 3.11. The second kappa shape index (κ2) is 8.28. The van der Waals surface area contributed by atoms with Crippen LogP contribution in [0.1, 0.15) is 41.2 Å². The van der Waals surface area contributed by atoms with Gasteiger partial charge in [-0.25, -0.2) is 12.7 Å². The van der Waals surface area contributed by atoms with Gasteiger partial charge in [0.25, 0.3) is 5.91 Å². The molecule has 0 aliphatic carbocycles. The molecule has 0 radical (unpaired) electrons. The monoisotopic (exact) mass is 430 g/mol. The molecule has 0 bridgehead atoms. The Morgan fingerprint density at radius 2 is 1.80 bits per heavy atom. The number of rotatable bonds is 4. The molecule has 2 aliphatic heterocycles. The predicted molar refractivity (Wildman–Crippen MR) is 112 cm³/mol. The number of fused-ring (bicyclic) bond motifs is 1. The first-order valence-corrected chi connectivity index (χ1v) is 11.5. The number of likely N-dealkylation sites (tertiary alicyclic amines) is 1. The largest absolute Gasteiger partial charge is 0.490 e. The molecule has 0 saturated carbocycles. The zero-order chi connectivity index (χ0) is 21.3. The fraction of sp³-hybridized carbons (Fsp3) is 0.409. The zero-order valence-electron chi connectivity index (χ0n) is 17.2. The van der Waals surface area contributed by atoms with Crippen LogP contribution in [-0.4, -0.2) is 57.4 Å². The van der Waals surface area contributed by atoms with Crippen LogP contribution in [-0.2, 0) is 10.0 Å². The van der Waals surface area contributed by atoms with Crippen molar-refractivity contribution in [3.05, 3.63) is 53.6 Å². The van der Waals surface area contributed by atoms with Crippen molar-refractivity contribution in [3.63, 3.8) is 0 Å². The van der Waals surface area contributed by atoms with Crippen molar-refractivity contribution < 1.29 is 22.7 Å². The van der Waals surface area contributed by atoms with E-state index >= 15 is 0 Å². The summed E-state index contributed by atoms with van der Waals surface area (Å²) < 4.78 is 37.6. The second-order valence-corrected chi connectivity index (χ2v) is 9.88. The number of ether oxygens (including phenoxy) is 2. The third-order valence-corrected chi connectivity index (χ3v) is 7.34. The fourth-order valence-electron chi connectivity index (χ4n) is 3.91. The van der Waals surface area contributed by atoms with E-state index in [4.69, 9.17) is 9.47 Å². The maximum atomic E-state index is 13.3. The lowest BCUT2D eigenvalue weighted by molar-refractivity contribution is 0.0735. The van der Waals surface area contributed by atoms with E-state index in [9.17, 15) is 13.2 Å². The van der Waals surface area contributed by atoms with Crippen LogP contribution >= 0.6 is 0 Å². The molecule has 160 valence electrons. The maximum Gasteiger partial charge on any atom is 0.254 e. The van der Waals surface area contributed by atoms with E-state index in [1.165, 1.54) is 26.2 Å². The molecule has 2 heterocycles. The number of amides is 1. The highest BCUT2D eigenvalue weighted by Crippen LogP contribution is 2.38. The van der Waals surface area contributed by atoms with Gasteiger partial charge in [0, 0.05) is 32.6 Å². The molecular formula is C22H26N2O5S. The van der Waals surface area contributed by atoms with E-state index in [1.54, 1.807) is 12.1 Å². The molecule has 0 aromatic heterocycles. The van der Waals surface area contributed by atoms with E-state index in [-0.39, 0.29) is 16.8 Å². The summed E-state index contributed by atoms with van der Waals surface area (Å²) >= 11 is 0. The first-order chi connectivity index (χ1) is 14.4. The molecule has 0 spiro atoms. The Kier molecular flexibility index (Phi) is 5.71. The molecule has 1 amide bonds. The molecule has 2 aromatic rings. The van der Waals surface area contributed by atoms with E-state index in [1.807, 2.05) is 23.1 Å². The number of nitrogens with zero attached hydrogens (tertiary/aromatic N) is 2. The van der Waals surface area contributed by atoms with Gasteiger partial charge in [-0.3, -0.25) is 4.79 Å². The Labute approximate surface area is 177 Å². The second-order valence-electron chi connectivity index (χ2n) is 7.73.